The van der Waals surface area contributed by atoms with Crippen molar-refractivity contribution in [2.24, 2.45) is 0 Å². The first-order valence-corrected chi connectivity index (χ1v) is 12.8. The molecule has 0 radical (unpaired) electrons. The quantitative estimate of drug-likeness (QED) is 0.329. The first-order valence-electron chi connectivity index (χ1n) is 12.8. The number of nitrogens with zero attached hydrogens (tertiary/aromatic N) is 1. The lowest BCUT2D eigenvalue weighted by atomic mass is 9.92. The molecule has 0 unspecified atom stereocenters. The third-order valence-corrected chi connectivity index (χ3v) is 6.75. The van der Waals surface area contributed by atoms with E-state index in [2.05, 4.69) is 10.6 Å². The average Bonchev–Trinajstić information content (AvgIpc) is 2.96. The van der Waals surface area contributed by atoms with Gasteiger partial charge in [0.25, 0.3) is 5.91 Å². The van der Waals surface area contributed by atoms with Gasteiger partial charge in [-0.2, -0.15) is 18.4 Å². The van der Waals surface area contributed by atoms with Crippen LogP contribution in [0.1, 0.15) is 63.1 Å². The van der Waals surface area contributed by atoms with Crippen LogP contribution in [0.4, 0.5) is 18.9 Å². The SMILES string of the molecule is COc1ccc(CNC(=O)c2cc(C(F)(F)F)ccc2NC2CCC(OC(=O)c3ccccc3)CC2)cc1C#N. The van der Waals surface area contributed by atoms with E-state index in [0.29, 0.717) is 42.6 Å². The molecule has 4 rings (SSSR count). The molecule has 10 heteroatoms. The highest BCUT2D eigenvalue weighted by atomic mass is 19.4. The van der Waals surface area contributed by atoms with Crippen molar-refractivity contribution in [3.8, 4) is 11.8 Å². The summed E-state index contributed by atoms with van der Waals surface area (Å²) >= 11 is 0. The molecule has 0 saturated heterocycles. The minimum Gasteiger partial charge on any atom is -0.495 e. The van der Waals surface area contributed by atoms with Crippen LogP contribution >= 0.6 is 0 Å². The number of halogens is 3. The summed E-state index contributed by atoms with van der Waals surface area (Å²) in [4.78, 5) is 25.4. The fourth-order valence-electron chi connectivity index (χ4n) is 4.60. The normalized spacial score (nSPS) is 16.9. The Morgan fingerprint density at radius 1 is 1.00 bits per heavy atom. The van der Waals surface area contributed by atoms with E-state index >= 15 is 0 Å². The van der Waals surface area contributed by atoms with Gasteiger partial charge in [-0.1, -0.05) is 24.3 Å². The number of alkyl halides is 3. The van der Waals surface area contributed by atoms with Crippen LogP contribution in [0, 0.1) is 11.3 Å². The van der Waals surface area contributed by atoms with Gasteiger partial charge in [-0.05, 0) is 73.7 Å². The number of carbonyl (C=O) groups is 2. The third-order valence-electron chi connectivity index (χ3n) is 6.75. The molecule has 0 heterocycles. The van der Waals surface area contributed by atoms with E-state index in [0.717, 1.165) is 12.1 Å². The van der Waals surface area contributed by atoms with E-state index in [9.17, 15) is 28.0 Å². The van der Waals surface area contributed by atoms with E-state index in [4.69, 9.17) is 9.47 Å². The van der Waals surface area contributed by atoms with Crippen LogP contribution in [0.15, 0.2) is 66.7 Å². The Kier molecular flexibility index (Phi) is 8.94. The van der Waals surface area contributed by atoms with Crippen molar-refractivity contribution in [2.75, 3.05) is 12.4 Å². The number of ether oxygens (including phenoxy) is 2. The number of esters is 1. The van der Waals surface area contributed by atoms with E-state index in [1.165, 1.54) is 13.2 Å². The van der Waals surface area contributed by atoms with Gasteiger partial charge in [0.1, 0.15) is 17.9 Å². The number of anilines is 1. The molecule has 0 bridgehead atoms. The molecule has 0 atom stereocenters. The first kappa shape index (κ1) is 28.5. The number of hydrogen-bond acceptors (Lipinski definition) is 6. The largest absolute Gasteiger partial charge is 0.495 e. The molecule has 0 aromatic heterocycles. The van der Waals surface area contributed by atoms with Gasteiger partial charge in [0.2, 0.25) is 0 Å². The maximum atomic E-state index is 13.5. The fourth-order valence-corrected chi connectivity index (χ4v) is 4.60. The van der Waals surface area contributed by atoms with Crippen molar-refractivity contribution in [3.63, 3.8) is 0 Å². The molecular weight excluding hydrogens is 523 g/mol. The Morgan fingerprint density at radius 3 is 2.38 bits per heavy atom. The van der Waals surface area contributed by atoms with Gasteiger partial charge in [-0.25, -0.2) is 4.79 Å². The molecule has 3 aromatic rings. The molecule has 1 fully saturated rings. The number of benzene rings is 3. The topological polar surface area (TPSA) is 100 Å². The second-order valence-electron chi connectivity index (χ2n) is 9.48. The number of hydrogen-bond donors (Lipinski definition) is 2. The number of nitriles is 1. The van der Waals surface area contributed by atoms with Crippen molar-refractivity contribution in [1.82, 2.24) is 5.32 Å². The van der Waals surface area contributed by atoms with E-state index in [-0.39, 0.29) is 35.5 Å². The van der Waals surface area contributed by atoms with E-state index in [1.807, 2.05) is 12.1 Å². The van der Waals surface area contributed by atoms with Gasteiger partial charge >= 0.3 is 12.1 Å². The summed E-state index contributed by atoms with van der Waals surface area (Å²) in [5.74, 6) is -0.697. The average molecular weight is 552 g/mol. The van der Waals surface area contributed by atoms with Crippen molar-refractivity contribution >= 4 is 17.6 Å². The molecule has 0 spiro atoms. The number of carbonyl (C=O) groups excluding carboxylic acids is 2. The summed E-state index contributed by atoms with van der Waals surface area (Å²) in [5.41, 5.74) is 0.554. The highest BCUT2D eigenvalue weighted by Crippen LogP contribution is 2.33. The minimum atomic E-state index is -4.62. The molecule has 1 saturated carbocycles. The Hall–Kier alpha value is -4.52. The Bertz CT molecular complexity index is 1400. The third kappa shape index (κ3) is 7.11. The fraction of sp³-hybridized carbons (Fsp3) is 0.300. The van der Waals surface area contributed by atoms with Crippen LogP contribution in [0.3, 0.4) is 0 Å². The van der Waals surface area contributed by atoms with Crippen LogP contribution in [-0.4, -0.2) is 31.1 Å². The van der Waals surface area contributed by atoms with Gasteiger partial charge in [0.15, 0.2) is 0 Å². The van der Waals surface area contributed by atoms with Crippen LogP contribution in [-0.2, 0) is 17.5 Å². The molecule has 208 valence electrons. The van der Waals surface area contributed by atoms with Crippen LogP contribution < -0.4 is 15.4 Å². The van der Waals surface area contributed by atoms with Gasteiger partial charge < -0.3 is 20.1 Å². The van der Waals surface area contributed by atoms with Crippen molar-refractivity contribution < 1.29 is 32.2 Å². The Labute approximate surface area is 229 Å². The molecule has 0 aliphatic heterocycles. The maximum absolute atomic E-state index is 13.5. The highest BCUT2D eigenvalue weighted by molar-refractivity contribution is 6.00. The molecule has 1 aliphatic carbocycles. The number of rotatable bonds is 8. The molecular formula is C30H28F3N3O4. The first-order chi connectivity index (χ1) is 19.2. The smallest absolute Gasteiger partial charge is 0.416 e. The predicted octanol–water partition coefficient (Wildman–Crippen LogP) is 6.10. The van der Waals surface area contributed by atoms with Gasteiger partial charge in [-0.15, -0.1) is 0 Å². The summed E-state index contributed by atoms with van der Waals surface area (Å²) in [7, 11) is 1.43. The summed E-state index contributed by atoms with van der Waals surface area (Å²) in [6, 6.07) is 18.4. The Morgan fingerprint density at radius 2 is 1.73 bits per heavy atom. The van der Waals surface area contributed by atoms with Gasteiger partial charge in [0, 0.05) is 18.3 Å². The number of amides is 1. The lowest BCUT2D eigenvalue weighted by Gasteiger charge is -2.30. The summed E-state index contributed by atoms with van der Waals surface area (Å²) in [6.45, 7) is 0.00504. The van der Waals surface area contributed by atoms with E-state index < -0.39 is 23.6 Å². The zero-order chi connectivity index (χ0) is 28.7. The lowest BCUT2D eigenvalue weighted by molar-refractivity contribution is -0.137. The second kappa shape index (κ2) is 12.6. The summed E-state index contributed by atoms with van der Waals surface area (Å²) < 4.78 is 51.1. The monoisotopic (exact) mass is 551 g/mol. The zero-order valence-corrected chi connectivity index (χ0v) is 21.8. The molecule has 7 nitrogen and oxygen atoms in total. The lowest BCUT2D eigenvalue weighted by Crippen LogP contribution is -2.32. The second-order valence-corrected chi connectivity index (χ2v) is 9.48. The molecule has 1 aliphatic rings. The molecule has 3 aromatic carbocycles. The van der Waals surface area contributed by atoms with Crippen LogP contribution in [0.2, 0.25) is 0 Å². The zero-order valence-electron chi connectivity index (χ0n) is 21.8. The maximum Gasteiger partial charge on any atom is 0.416 e. The highest BCUT2D eigenvalue weighted by Gasteiger charge is 2.32. The van der Waals surface area contributed by atoms with Crippen molar-refractivity contribution in [3.05, 3.63) is 94.5 Å². The summed E-state index contributed by atoms with van der Waals surface area (Å²) in [6.07, 6.45) is -2.50. The van der Waals surface area contributed by atoms with Gasteiger partial charge in [-0.3, -0.25) is 4.79 Å². The van der Waals surface area contributed by atoms with Gasteiger partial charge in [0.05, 0.1) is 29.4 Å². The molecule has 40 heavy (non-hydrogen) atoms. The summed E-state index contributed by atoms with van der Waals surface area (Å²) in [5, 5.41) is 15.2. The van der Waals surface area contributed by atoms with Crippen LogP contribution in [0.5, 0.6) is 5.75 Å². The number of nitrogens with one attached hydrogen (secondary N) is 2. The molecule has 1 amide bonds. The van der Waals surface area contributed by atoms with E-state index in [1.54, 1.807) is 42.5 Å². The predicted molar refractivity (Wildman–Crippen MR) is 142 cm³/mol. The van der Waals surface area contributed by atoms with Crippen molar-refractivity contribution in [1.29, 1.82) is 5.26 Å². The van der Waals surface area contributed by atoms with Crippen molar-refractivity contribution in [2.45, 2.75) is 50.6 Å². The number of methoxy groups -OCH3 is 1. The standard InChI is InChI=1S/C30H28F3N3O4/c1-39-27-14-7-19(15-21(27)17-34)18-35-28(37)25-16-22(30(31,32)33)8-13-26(25)36-23-9-11-24(12-10-23)40-29(38)20-5-3-2-4-6-20/h2-8,13-16,23-24,36H,9-12,18H2,1H3,(H,35,37). The Balaban J connectivity index is 1.42. The van der Waals surface area contributed by atoms with Crippen LogP contribution in [0.25, 0.3) is 0 Å². The molecule has 2 N–H and O–H groups in total. The minimum absolute atomic E-state index is 0.00504.